The number of benzene rings is 1. The Morgan fingerprint density at radius 3 is 2.70 bits per heavy atom. The fourth-order valence-electron chi connectivity index (χ4n) is 1.19. The largest absolute Gasteiger partial charge is 0.0585 e. The predicted octanol–water partition coefficient (Wildman–Crippen LogP) is 2.67. The van der Waals surface area contributed by atoms with Gasteiger partial charge in [0.15, 0.2) is 0 Å². The summed E-state index contributed by atoms with van der Waals surface area (Å²) in [7, 11) is 0. The third-order valence-electron chi connectivity index (χ3n) is 2.04. The Morgan fingerprint density at radius 1 is 1.40 bits per heavy atom. The van der Waals surface area contributed by atoms with Crippen molar-refractivity contribution in [1.29, 1.82) is 0 Å². The maximum Gasteiger partial charge on any atom is -0.0149 e. The fourth-order valence-corrected chi connectivity index (χ4v) is 1.19. The Labute approximate surface area is 61.9 Å². The van der Waals surface area contributed by atoms with Crippen molar-refractivity contribution in [2.45, 2.75) is 25.7 Å². The molecule has 10 heavy (non-hydrogen) atoms. The third kappa shape index (κ3) is 1.06. The van der Waals surface area contributed by atoms with Crippen molar-refractivity contribution in [2.75, 3.05) is 0 Å². The first-order valence-electron chi connectivity index (χ1n) is 3.84. The van der Waals surface area contributed by atoms with Crippen molar-refractivity contribution in [2.24, 2.45) is 0 Å². The van der Waals surface area contributed by atoms with Crippen LogP contribution in [0.25, 0.3) is 0 Å². The van der Waals surface area contributed by atoms with E-state index < -0.39 is 0 Å². The van der Waals surface area contributed by atoms with Gasteiger partial charge >= 0.3 is 0 Å². The van der Waals surface area contributed by atoms with E-state index in [0.29, 0.717) is 0 Å². The molecular formula is C10H11. The molecule has 1 aromatic rings. The molecule has 51 valence electrons. The van der Waals surface area contributed by atoms with Crippen LogP contribution in [0.15, 0.2) is 18.2 Å². The first kappa shape index (κ1) is 5.96. The van der Waals surface area contributed by atoms with Gasteiger partial charge in [0.25, 0.3) is 0 Å². The summed E-state index contributed by atoms with van der Waals surface area (Å²) in [5.74, 6) is 0.872. The van der Waals surface area contributed by atoms with Gasteiger partial charge < -0.3 is 0 Å². The lowest BCUT2D eigenvalue weighted by molar-refractivity contribution is 1.12. The first-order chi connectivity index (χ1) is 4.86. The van der Waals surface area contributed by atoms with Crippen LogP contribution >= 0.6 is 0 Å². The van der Waals surface area contributed by atoms with Crippen LogP contribution in [0.2, 0.25) is 0 Å². The molecule has 1 fully saturated rings. The number of hydrogen-bond acceptors (Lipinski definition) is 0. The van der Waals surface area contributed by atoms with E-state index in [4.69, 9.17) is 0 Å². The Bertz CT molecular complexity index is 216. The molecule has 1 aliphatic rings. The zero-order valence-electron chi connectivity index (χ0n) is 6.22. The van der Waals surface area contributed by atoms with E-state index in [1.54, 1.807) is 0 Å². The minimum absolute atomic E-state index is 0.872. The molecule has 2 rings (SSSR count). The topological polar surface area (TPSA) is 0 Å². The summed E-state index contributed by atoms with van der Waals surface area (Å²) in [6.45, 7) is 2.08. The van der Waals surface area contributed by atoms with Crippen LogP contribution in [-0.4, -0.2) is 0 Å². The Balaban J connectivity index is 2.28. The summed E-state index contributed by atoms with van der Waals surface area (Å²) < 4.78 is 0. The lowest BCUT2D eigenvalue weighted by Crippen LogP contribution is -1.78. The van der Waals surface area contributed by atoms with Crippen LogP contribution in [0.3, 0.4) is 0 Å². The van der Waals surface area contributed by atoms with Crippen LogP contribution in [0.1, 0.15) is 29.9 Å². The molecule has 0 heteroatoms. The molecule has 0 bridgehead atoms. The zero-order valence-corrected chi connectivity index (χ0v) is 6.22. The first-order valence-corrected chi connectivity index (χ1v) is 3.84. The van der Waals surface area contributed by atoms with Crippen molar-refractivity contribution >= 4 is 0 Å². The van der Waals surface area contributed by atoms with Crippen LogP contribution < -0.4 is 0 Å². The highest BCUT2D eigenvalue weighted by Gasteiger charge is 2.22. The van der Waals surface area contributed by atoms with E-state index in [1.807, 2.05) is 0 Å². The summed E-state index contributed by atoms with van der Waals surface area (Å²) in [5.41, 5.74) is 2.72. The van der Waals surface area contributed by atoms with Crippen molar-refractivity contribution in [3.05, 3.63) is 35.4 Å². The third-order valence-corrected chi connectivity index (χ3v) is 2.04. The Morgan fingerprint density at radius 2 is 2.20 bits per heavy atom. The molecule has 0 unspecified atom stereocenters. The predicted molar refractivity (Wildman–Crippen MR) is 42.0 cm³/mol. The summed E-state index contributed by atoms with van der Waals surface area (Å²) in [6, 6.07) is 9.73. The maximum absolute atomic E-state index is 3.22. The van der Waals surface area contributed by atoms with Crippen molar-refractivity contribution in [3.8, 4) is 0 Å². The lowest BCUT2D eigenvalue weighted by Gasteiger charge is -1.95. The average Bonchev–Trinajstić information content (AvgIpc) is 2.71. The molecule has 1 aliphatic carbocycles. The SMILES string of the molecule is Cc1[c]cc(C2CC2)cc1. The highest BCUT2D eigenvalue weighted by Crippen LogP contribution is 2.39. The summed E-state index contributed by atoms with van der Waals surface area (Å²) in [6.07, 6.45) is 2.77. The monoisotopic (exact) mass is 131 g/mol. The molecular weight excluding hydrogens is 120 g/mol. The molecule has 1 aromatic carbocycles. The van der Waals surface area contributed by atoms with E-state index in [1.165, 1.54) is 24.0 Å². The Kier molecular flexibility index (Phi) is 1.26. The molecule has 0 amide bonds. The lowest BCUT2D eigenvalue weighted by atomic mass is 10.1. The van der Waals surface area contributed by atoms with Gasteiger partial charge in [0.05, 0.1) is 0 Å². The molecule has 0 aliphatic heterocycles. The molecule has 1 saturated carbocycles. The van der Waals surface area contributed by atoms with Crippen LogP contribution in [0.5, 0.6) is 0 Å². The number of aryl methyl sites for hydroxylation is 1. The highest BCUT2D eigenvalue weighted by molar-refractivity contribution is 5.26. The van der Waals surface area contributed by atoms with Crippen LogP contribution in [0, 0.1) is 13.0 Å². The molecule has 0 atom stereocenters. The van der Waals surface area contributed by atoms with E-state index in [-0.39, 0.29) is 0 Å². The molecule has 0 spiro atoms. The second kappa shape index (κ2) is 2.12. The number of rotatable bonds is 1. The van der Waals surface area contributed by atoms with Gasteiger partial charge in [-0.1, -0.05) is 18.2 Å². The minimum atomic E-state index is 0.872. The normalized spacial score (nSPS) is 17.3. The number of hydrogen-bond donors (Lipinski definition) is 0. The zero-order chi connectivity index (χ0) is 6.97. The molecule has 1 radical (unpaired) electrons. The molecule has 0 heterocycles. The Hall–Kier alpha value is -0.780. The highest BCUT2D eigenvalue weighted by atomic mass is 14.3. The van der Waals surface area contributed by atoms with E-state index in [9.17, 15) is 0 Å². The van der Waals surface area contributed by atoms with Gasteiger partial charge in [0.1, 0.15) is 0 Å². The van der Waals surface area contributed by atoms with Gasteiger partial charge in [0.2, 0.25) is 0 Å². The van der Waals surface area contributed by atoms with E-state index >= 15 is 0 Å². The van der Waals surface area contributed by atoms with Gasteiger partial charge in [0, 0.05) is 0 Å². The standard InChI is InChI=1S/C10H11/c1-8-2-4-9(5-3-8)10-6-7-10/h2,4-5,10H,6-7H2,1H3. The molecule has 0 nitrogen and oxygen atoms in total. The van der Waals surface area contributed by atoms with E-state index in [2.05, 4.69) is 31.2 Å². The van der Waals surface area contributed by atoms with Crippen molar-refractivity contribution in [1.82, 2.24) is 0 Å². The van der Waals surface area contributed by atoms with Gasteiger partial charge in [-0.25, -0.2) is 0 Å². The van der Waals surface area contributed by atoms with Crippen molar-refractivity contribution in [3.63, 3.8) is 0 Å². The average molecular weight is 131 g/mol. The minimum Gasteiger partial charge on any atom is -0.0585 e. The van der Waals surface area contributed by atoms with Gasteiger partial charge in [-0.05, 0) is 42.9 Å². The van der Waals surface area contributed by atoms with E-state index in [0.717, 1.165) is 5.92 Å². The van der Waals surface area contributed by atoms with Crippen LogP contribution in [-0.2, 0) is 0 Å². The summed E-state index contributed by atoms with van der Waals surface area (Å²) >= 11 is 0. The second-order valence-corrected chi connectivity index (χ2v) is 3.08. The maximum atomic E-state index is 3.22. The summed E-state index contributed by atoms with van der Waals surface area (Å²) in [4.78, 5) is 0. The van der Waals surface area contributed by atoms with Gasteiger partial charge in [-0.2, -0.15) is 0 Å². The summed E-state index contributed by atoms with van der Waals surface area (Å²) in [5, 5.41) is 0. The fraction of sp³-hybridized carbons (Fsp3) is 0.400. The van der Waals surface area contributed by atoms with Crippen molar-refractivity contribution < 1.29 is 0 Å². The molecule has 0 saturated heterocycles. The molecule has 0 N–H and O–H groups in total. The van der Waals surface area contributed by atoms with Crippen LogP contribution in [0.4, 0.5) is 0 Å². The van der Waals surface area contributed by atoms with Gasteiger partial charge in [-0.3, -0.25) is 0 Å². The second-order valence-electron chi connectivity index (χ2n) is 3.08. The van der Waals surface area contributed by atoms with Gasteiger partial charge in [-0.15, -0.1) is 0 Å². The quantitative estimate of drug-likeness (QED) is 0.549. The molecule has 0 aromatic heterocycles. The smallest absolute Gasteiger partial charge is 0.0149 e.